The zero-order valence-corrected chi connectivity index (χ0v) is 12.8. The monoisotopic (exact) mass is 272 g/mol. The van der Waals surface area contributed by atoms with E-state index in [-0.39, 0.29) is 0 Å². The van der Waals surface area contributed by atoms with Crippen LogP contribution in [0.3, 0.4) is 0 Å². The van der Waals surface area contributed by atoms with E-state index in [4.69, 9.17) is 0 Å². The number of rotatable bonds is 3. The molecule has 100 valence electrons. The molecular formula is C17H20OS. The Bertz CT molecular complexity index is 579. The van der Waals surface area contributed by atoms with E-state index < -0.39 is 0 Å². The van der Waals surface area contributed by atoms with Crippen molar-refractivity contribution < 1.29 is 5.11 Å². The smallest absolute Gasteiger partial charge is 0.118 e. The molecule has 0 aliphatic rings. The van der Waals surface area contributed by atoms with Gasteiger partial charge in [-0.15, -0.1) is 0 Å². The third-order valence-electron chi connectivity index (χ3n) is 3.26. The fourth-order valence-electron chi connectivity index (χ4n) is 2.35. The highest BCUT2D eigenvalue weighted by molar-refractivity contribution is 7.99. The summed E-state index contributed by atoms with van der Waals surface area (Å²) in [6.45, 7) is 8.50. The zero-order valence-electron chi connectivity index (χ0n) is 11.9. The standard InChI is InChI=1S/C17H20OS/c1-5-14-10-15(6-7-16(14)18)19-17-12(3)8-11(2)9-13(17)4/h6-10,18H,5H2,1-4H3. The lowest BCUT2D eigenvalue weighted by Crippen LogP contribution is -1.88. The van der Waals surface area contributed by atoms with Crippen molar-refractivity contribution in [3.05, 3.63) is 52.6 Å². The second kappa shape index (κ2) is 5.70. The molecule has 0 aliphatic carbocycles. The first-order valence-corrected chi connectivity index (χ1v) is 7.40. The molecule has 2 aromatic rings. The van der Waals surface area contributed by atoms with Crippen LogP contribution in [0.1, 0.15) is 29.2 Å². The van der Waals surface area contributed by atoms with Crippen molar-refractivity contribution in [1.82, 2.24) is 0 Å². The number of phenolic OH excluding ortho intramolecular Hbond substituents is 1. The van der Waals surface area contributed by atoms with Crippen LogP contribution in [0.4, 0.5) is 0 Å². The lowest BCUT2D eigenvalue weighted by Gasteiger charge is -2.12. The molecule has 2 heteroatoms. The molecule has 0 fully saturated rings. The molecule has 0 heterocycles. The molecule has 0 saturated carbocycles. The van der Waals surface area contributed by atoms with E-state index in [1.54, 1.807) is 17.8 Å². The van der Waals surface area contributed by atoms with Gasteiger partial charge in [0, 0.05) is 9.79 Å². The van der Waals surface area contributed by atoms with Gasteiger partial charge in [-0.3, -0.25) is 0 Å². The number of aryl methyl sites for hydroxylation is 4. The molecule has 0 unspecified atom stereocenters. The van der Waals surface area contributed by atoms with Gasteiger partial charge in [0.1, 0.15) is 5.75 Å². The van der Waals surface area contributed by atoms with Crippen molar-refractivity contribution in [3.63, 3.8) is 0 Å². The van der Waals surface area contributed by atoms with Crippen LogP contribution in [0, 0.1) is 20.8 Å². The van der Waals surface area contributed by atoms with Crippen LogP contribution in [0.2, 0.25) is 0 Å². The highest BCUT2D eigenvalue weighted by Crippen LogP contribution is 2.35. The van der Waals surface area contributed by atoms with E-state index in [2.05, 4.69) is 45.9 Å². The molecule has 1 N–H and O–H groups in total. The third-order valence-corrected chi connectivity index (χ3v) is 4.59. The fourth-order valence-corrected chi connectivity index (χ4v) is 3.37. The van der Waals surface area contributed by atoms with E-state index in [0.717, 1.165) is 12.0 Å². The Balaban J connectivity index is 2.36. The number of hydrogen-bond acceptors (Lipinski definition) is 2. The molecule has 0 spiro atoms. The van der Waals surface area contributed by atoms with Gasteiger partial charge in [-0.05, 0) is 62.1 Å². The topological polar surface area (TPSA) is 20.2 Å². The van der Waals surface area contributed by atoms with Crippen LogP contribution in [0.25, 0.3) is 0 Å². The van der Waals surface area contributed by atoms with E-state index in [0.29, 0.717) is 5.75 Å². The van der Waals surface area contributed by atoms with Gasteiger partial charge in [0.25, 0.3) is 0 Å². The molecule has 0 amide bonds. The molecule has 0 bridgehead atoms. The van der Waals surface area contributed by atoms with Crippen molar-refractivity contribution in [3.8, 4) is 5.75 Å². The first kappa shape index (κ1) is 14.0. The minimum absolute atomic E-state index is 0.393. The maximum absolute atomic E-state index is 9.74. The minimum Gasteiger partial charge on any atom is -0.508 e. The molecule has 0 atom stereocenters. The van der Waals surface area contributed by atoms with E-state index in [9.17, 15) is 5.11 Å². The van der Waals surface area contributed by atoms with E-state index in [1.807, 2.05) is 6.07 Å². The lowest BCUT2D eigenvalue weighted by atomic mass is 10.1. The van der Waals surface area contributed by atoms with Crippen LogP contribution in [-0.4, -0.2) is 5.11 Å². The zero-order chi connectivity index (χ0) is 14.0. The molecule has 0 radical (unpaired) electrons. The Hall–Kier alpha value is -1.41. The van der Waals surface area contributed by atoms with Gasteiger partial charge in [-0.25, -0.2) is 0 Å². The van der Waals surface area contributed by atoms with Crippen molar-refractivity contribution in [2.45, 2.75) is 43.9 Å². The highest BCUT2D eigenvalue weighted by atomic mass is 32.2. The molecule has 0 aromatic heterocycles. The van der Waals surface area contributed by atoms with Crippen molar-refractivity contribution >= 4 is 11.8 Å². The fraction of sp³-hybridized carbons (Fsp3) is 0.294. The Morgan fingerprint density at radius 2 is 1.63 bits per heavy atom. The summed E-state index contributed by atoms with van der Waals surface area (Å²) in [4.78, 5) is 2.50. The maximum atomic E-state index is 9.74. The SMILES string of the molecule is CCc1cc(Sc2c(C)cc(C)cc2C)ccc1O. The number of benzene rings is 2. The number of phenols is 1. The number of hydrogen-bond donors (Lipinski definition) is 1. The summed E-state index contributed by atoms with van der Waals surface area (Å²) in [6.07, 6.45) is 0.853. The van der Waals surface area contributed by atoms with Crippen LogP contribution in [0.5, 0.6) is 5.75 Å². The maximum Gasteiger partial charge on any atom is 0.118 e. The van der Waals surface area contributed by atoms with Crippen LogP contribution in [0.15, 0.2) is 40.1 Å². The van der Waals surface area contributed by atoms with E-state index in [1.165, 1.54) is 26.5 Å². The van der Waals surface area contributed by atoms with Gasteiger partial charge in [-0.1, -0.05) is 36.4 Å². The average Bonchev–Trinajstić information content (AvgIpc) is 2.35. The summed E-state index contributed by atoms with van der Waals surface area (Å²) in [5.74, 6) is 0.393. The average molecular weight is 272 g/mol. The van der Waals surface area contributed by atoms with Gasteiger partial charge in [0.05, 0.1) is 0 Å². The van der Waals surface area contributed by atoms with Crippen molar-refractivity contribution in [1.29, 1.82) is 0 Å². The normalized spacial score (nSPS) is 10.7. The van der Waals surface area contributed by atoms with Gasteiger partial charge in [0.15, 0.2) is 0 Å². The molecule has 0 aliphatic heterocycles. The predicted molar refractivity (Wildman–Crippen MR) is 82.3 cm³/mol. The Kier molecular flexibility index (Phi) is 4.20. The molecule has 19 heavy (non-hydrogen) atoms. The van der Waals surface area contributed by atoms with E-state index >= 15 is 0 Å². The highest BCUT2D eigenvalue weighted by Gasteiger charge is 2.08. The largest absolute Gasteiger partial charge is 0.508 e. The summed E-state index contributed by atoms with van der Waals surface area (Å²) in [7, 11) is 0. The summed E-state index contributed by atoms with van der Waals surface area (Å²) in [5, 5.41) is 9.74. The molecular weight excluding hydrogens is 252 g/mol. The minimum atomic E-state index is 0.393. The Morgan fingerprint density at radius 1 is 1.00 bits per heavy atom. The third kappa shape index (κ3) is 3.13. The van der Waals surface area contributed by atoms with Gasteiger partial charge < -0.3 is 5.11 Å². The number of aromatic hydroxyl groups is 1. The lowest BCUT2D eigenvalue weighted by molar-refractivity contribution is 0.468. The van der Waals surface area contributed by atoms with Crippen LogP contribution in [-0.2, 0) is 6.42 Å². The second-order valence-corrected chi connectivity index (χ2v) is 6.06. The first-order valence-electron chi connectivity index (χ1n) is 6.59. The van der Waals surface area contributed by atoms with Crippen molar-refractivity contribution in [2.24, 2.45) is 0 Å². The summed E-state index contributed by atoms with van der Waals surface area (Å²) in [6, 6.07) is 10.3. The summed E-state index contributed by atoms with van der Waals surface area (Å²) in [5.41, 5.74) is 4.94. The molecule has 0 saturated heterocycles. The van der Waals surface area contributed by atoms with Gasteiger partial charge >= 0.3 is 0 Å². The van der Waals surface area contributed by atoms with Crippen LogP contribution >= 0.6 is 11.8 Å². The van der Waals surface area contributed by atoms with Gasteiger partial charge in [-0.2, -0.15) is 0 Å². The molecule has 1 nitrogen and oxygen atoms in total. The summed E-state index contributed by atoms with van der Waals surface area (Å²) >= 11 is 1.78. The Morgan fingerprint density at radius 3 is 2.21 bits per heavy atom. The summed E-state index contributed by atoms with van der Waals surface area (Å²) < 4.78 is 0. The van der Waals surface area contributed by atoms with Crippen molar-refractivity contribution in [2.75, 3.05) is 0 Å². The second-order valence-electron chi connectivity index (χ2n) is 4.97. The predicted octanol–water partition coefficient (Wildman–Crippen LogP) is 5.03. The molecule has 2 rings (SSSR count). The van der Waals surface area contributed by atoms with Crippen LogP contribution < -0.4 is 0 Å². The quantitative estimate of drug-likeness (QED) is 0.845. The van der Waals surface area contributed by atoms with Gasteiger partial charge in [0.2, 0.25) is 0 Å². The first-order chi connectivity index (χ1) is 9.01. The molecule has 2 aromatic carbocycles. The Labute approximate surface area is 119 Å².